The zero-order valence-corrected chi connectivity index (χ0v) is 22.3. The summed E-state index contributed by atoms with van der Waals surface area (Å²) in [5.74, 6) is 0.208. The molecule has 0 aliphatic rings. The predicted molar refractivity (Wildman–Crippen MR) is 149 cm³/mol. The normalized spacial score (nSPS) is 11.1. The van der Waals surface area contributed by atoms with E-state index in [0.717, 1.165) is 55.7 Å². The van der Waals surface area contributed by atoms with Crippen molar-refractivity contribution in [3.63, 3.8) is 0 Å². The van der Waals surface area contributed by atoms with Crippen LogP contribution in [0.3, 0.4) is 0 Å². The maximum absolute atomic E-state index is 11.1. The number of fused-ring (bicyclic) bond motifs is 3. The topological polar surface area (TPSA) is 52.1 Å². The minimum absolute atomic E-state index is 0. The molecule has 1 radical (unpaired) electrons. The van der Waals surface area contributed by atoms with Crippen molar-refractivity contribution in [1.82, 2.24) is 14.5 Å². The molecule has 4 nitrogen and oxygen atoms in total. The van der Waals surface area contributed by atoms with Crippen LogP contribution < -0.4 is 4.98 Å². The molecule has 5 heteroatoms. The average molecular weight is 673 g/mol. The fourth-order valence-corrected chi connectivity index (χ4v) is 5.02. The Morgan fingerprint density at radius 3 is 2.26 bits per heavy atom. The van der Waals surface area contributed by atoms with Crippen LogP contribution in [-0.4, -0.2) is 14.7 Å². The maximum Gasteiger partial charge on any atom is 0.122 e. The number of hydrogen-bond acceptors (Lipinski definition) is 2. The molecule has 1 N–H and O–H groups in total. The van der Waals surface area contributed by atoms with Crippen LogP contribution in [0.25, 0.3) is 61.3 Å². The fraction of sp³-hybridized carbons (Fsp3) is 0. The molecule has 0 aliphatic carbocycles. The van der Waals surface area contributed by atoms with E-state index in [1.54, 1.807) is 6.20 Å². The van der Waals surface area contributed by atoms with Crippen LogP contribution in [0.5, 0.6) is 5.75 Å². The molecule has 0 saturated heterocycles. The van der Waals surface area contributed by atoms with Crippen molar-refractivity contribution < 1.29 is 27.5 Å². The molecule has 187 valence electrons. The summed E-state index contributed by atoms with van der Waals surface area (Å²) < 4.78 is 2.24. The Balaban J connectivity index is 0.00000264. The van der Waals surface area contributed by atoms with Gasteiger partial charge < -0.3 is 14.7 Å². The van der Waals surface area contributed by atoms with Crippen LogP contribution in [0, 0.1) is 6.07 Å². The van der Waals surface area contributed by atoms with E-state index in [9.17, 15) is 5.11 Å². The first-order valence-corrected chi connectivity index (χ1v) is 12.2. The number of pyridine rings is 1. The molecule has 0 saturated carbocycles. The molecule has 38 heavy (non-hydrogen) atoms. The average Bonchev–Trinajstić information content (AvgIpc) is 3.57. The summed E-state index contributed by atoms with van der Waals surface area (Å²) in [6, 6.07) is 41.7. The largest absolute Gasteiger partial charge is 0.692 e. The number of phenols is 1. The summed E-state index contributed by atoms with van der Waals surface area (Å²) in [7, 11) is 0. The van der Waals surface area contributed by atoms with Crippen LogP contribution in [-0.2, 0) is 22.4 Å². The molecule has 4 aromatic carbocycles. The van der Waals surface area contributed by atoms with E-state index in [1.807, 2.05) is 91.0 Å². The second kappa shape index (κ2) is 9.84. The van der Waals surface area contributed by atoms with Gasteiger partial charge in [0.05, 0.1) is 11.0 Å². The molecule has 0 aliphatic heterocycles. The van der Waals surface area contributed by atoms with Gasteiger partial charge in [-0.05, 0) is 36.4 Å². The van der Waals surface area contributed by atoms with Gasteiger partial charge in [-0.2, -0.15) is 0 Å². The number of aromatic nitrogens is 3. The van der Waals surface area contributed by atoms with Gasteiger partial charge in [-0.1, -0.05) is 60.2 Å². The van der Waals surface area contributed by atoms with Crippen molar-refractivity contribution in [1.29, 1.82) is 0 Å². The third-order valence-corrected chi connectivity index (χ3v) is 6.73. The second-order valence-corrected chi connectivity index (χ2v) is 8.98. The molecule has 7 aromatic rings. The Kier molecular flexibility index (Phi) is 6.22. The number of para-hydroxylation sites is 2. The SMILES string of the molecule is Oc1cc2c3ccccc3n(-c3ccccc3)c2cc1-c1ccc(-c2[c-]c(-c3ccccn3)ccc2)[n-]1.[Au]. The quantitative estimate of drug-likeness (QED) is 0.155. The van der Waals surface area contributed by atoms with Gasteiger partial charge in [-0.15, -0.1) is 41.6 Å². The van der Waals surface area contributed by atoms with E-state index in [2.05, 4.69) is 39.9 Å². The van der Waals surface area contributed by atoms with Crippen LogP contribution in [0.2, 0.25) is 0 Å². The van der Waals surface area contributed by atoms with Gasteiger partial charge in [0.25, 0.3) is 0 Å². The Hall–Kier alpha value is -4.35. The molecule has 0 unspecified atom stereocenters. The van der Waals surface area contributed by atoms with Gasteiger partial charge in [-0.3, -0.25) is 4.98 Å². The minimum Gasteiger partial charge on any atom is -0.692 e. The summed E-state index contributed by atoms with van der Waals surface area (Å²) in [5.41, 5.74) is 8.07. The molecule has 0 atom stereocenters. The van der Waals surface area contributed by atoms with E-state index >= 15 is 0 Å². The summed E-state index contributed by atoms with van der Waals surface area (Å²) >= 11 is 0. The van der Waals surface area contributed by atoms with E-state index in [0.29, 0.717) is 5.56 Å². The Bertz CT molecular complexity index is 1890. The molecule has 0 amide bonds. The molecule has 3 aromatic heterocycles. The smallest absolute Gasteiger partial charge is 0.122 e. The zero-order chi connectivity index (χ0) is 24.8. The molecule has 0 spiro atoms. The van der Waals surface area contributed by atoms with Gasteiger partial charge in [0.1, 0.15) is 5.75 Å². The van der Waals surface area contributed by atoms with E-state index < -0.39 is 0 Å². The molecular formula is C33H21AuN3O-2. The van der Waals surface area contributed by atoms with Gasteiger partial charge in [0.15, 0.2) is 0 Å². The molecular weight excluding hydrogens is 651 g/mol. The van der Waals surface area contributed by atoms with Gasteiger partial charge in [0, 0.05) is 56.3 Å². The first kappa shape index (κ1) is 24.0. The zero-order valence-electron chi connectivity index (χ0n) is 20.1. The van der Waals surface area contributed by atoms with Crippen LogP contribution in [0.1, 0.15) is 0 Å². The fourth-order valence-electron chi connectivity index (χ4n) is 5.02. The number of hydrogen-bond donors (Lipinski definition) is 1. The molecule has 7 rings (SSSR count). The van der Waals surface area contributed by atoms with Crippen molar-refractivity contribution >= 4 is 21.8 Å². The molecule has 0 fully saturated rings. The summed E-state index contributed by atoms with van der Waals surface area (Å²) in [6.45, 7) is 0. The second-order valence-electron chi connectivity index (χ2n) is 8.98. The number of phenolic OH excluding ortho intramolecular Hbond substituents is 1. The minimum atomic E-state index is 0. The third kappa shape index (κ3) is 4.05. The predicted octanol–water partition coefficient (Wildman–Crippen LogP) is 7.64. The van der Waals surface area contributed by atoms with Crippen molar-refractivity contribution in [3.05, 3.63) is 128 Å². The van der Waals surface area contributed by atoms with Crippen molar-refractivity contribution in [2.75, 3.05) is 0 Å². The van der Waals surface area contributed by atoms with Crippen LogP contribution in [0.4, 0.5) is 0 Å². The number of benzene rings is 4. The summed E-state index contributed by atoms with van der Waals surface area (Å²) in [6.07, 6.45) is 1.78. The van der Waals surface area contributed by atoms with Gasteiger partial charge in [0.2, 0.25) is 0 Å². The van der Waals surface area contributed by atoms with Crippen molar-refractivity contribution in [2.24, 2.45) is 0 Å². The third-order valence-electron chi connectivity index (χ3n) is 6.73. The Morgan fingerprint density at radius 2 is 1.42 bits per heavy atom. The van der Waals surface area contributed by atoms with Gasteiger partial charge in [-0.25, -0.2) is 5.69 Å². The Morgan fingerprint density at radius 1 is 0.658 bits per heavy atom. The first-order valence-electron chi connectivity index (χ1n) is 12.2. The van der Waals surface area contributed by atoms with Gasteiger partial charge >= 0.3 is 0 Å². The van der Waals surface area contributed by atoms with Crippen LogP contribution in [0.15, 0.2) is 121 Å². The van der Waals surface area contributed by atoms with E-state index in [4.69, 9.17) is 4.98 Å². The molecule has 0 bridgehead atoms. The molecule has 3 heterocycles. The summed E-state index contributed by atoms with van der Waals surface area (Å²) in [5, 5.41) is 13.2. The first-order chi connectivity index (χ1) is 18.3. The monoisotopic (exact) mass is 672 g/mol. The maximum atomic E-state index is 11.1. The van der Waals surface area contributed by atoms with Crippen LogP contribution >= 0.6 is 0 Å². The summed E-state index contributed by atoms with van der Waals surface area (Å²) in [4.78, 5) is 9.33. The number of aromatic hydroxyl groups is 1. The number of rotatable bonds is 4. The van der Waals surface area contributed by atoms with E-state index in [1.165, 1.54) is 0 Å². The van der Waals surface area contributed by atoms with E-state index in [-0.39, 0.29) is 28.1 Å². The van der Waals surface area contributed by atoms with Crippen molar-refractivity contribution in [2.45, 2.75) is 0 Å². The van der Waals surface area contributed by atoms with Crippen molar-refractivity contribution in [3.8, 4) is 45.2 Å². The Labute approximate surface area is 235 Å². The number of nitrogens with zero attached hydrogens (tertiary/aromatic N) is 3. The standard InChI is InChI=1S/C33H21N3O.Au/c37-33-21-26-25-13-4-5-15-31(25)36(24-11-2-1-3-12-24)32(26)20-27(33)30-17-16-29(35-30)23-10-8-9-22(19-23)28-14-6-7-18-34-28;/h1-18,20-21,37H;/q-2;.